The Balaban J connectivity index is 2.28. The number of amides is 1. The Bertz CT molecular complexity index is 599. The van der Waals surface area contributed by atoms with Crippen molar-refractivity contribution in [2.45, 2.75) is 27.3 Å². The summed E-state index contributed by atoms with van der Waals surface area (Å²) in [6.45, 7) is 6.66. The summed E-state index contributed by atoms with van der Waals surface area (Å²) in [4.78, 5) is 12.3. The second-order valence-corrected chi connectivity index (χ2v) is 5.26. The van der Waals surface area contributed by atoms with Gasteiger partial charge in [-0.15, -0.1) is 0 Å². The minimum absolute atomic E-state index is 0.198. The fourth-order valence-electron chi connectivity index (χ4n) is 1.90. The van der Waals surface area contributed by atoms with Gasteiger partial charge in [0.15, 0.2) is 5.69 Å². The van der Waals surface area contributed by atoms with E-state index in [2.05, 4.69) is 26.3 Å². The monoisotopic (exact) mass is 321 g/mol. The molecule has 0 aliphatic heterocycles. The lowest BCUT2D eigenvalue weighted by atomic mass is 10.1. The van der Waals surface area contributed by atoms with E-state index in [0.717, 1.165) is 23.4 Å². The quantitative estimate of drug-likeness (QED) is 0.939. The zero-order valence-corrected chi connectivity index (χ0v) is 12.8. The van der Waals surface area contributed by atoms with Crippen LogP contribution in [0.2, 0.25) is 0 Å². The van der Waals surface area contributed by atoms with E-state index in [9.17, 15) is 4.79 Å². The van der Waals surface area contributed by atoms with Gasteiger partial charge in [0, 0.05) is 18.4 Å². The number of aromatic nitrogens is 2. The van der Waals surface area contributed by atoms with Crippen LogP contribution in [0.4, 0.5) is 5.69 Å². The Morgan fingerprint density at radius 1 is 1.37 bits per heavy atom. The van der Waals surface area contributed by atoms with E-state index in [1.807, 2.05) is 39.0 Å². The van der Waals surface area contributed by atoms with Gasteiger partial charge in [0.2, 0.25) is 0 Å². The lowest BCUT2D eigenvalue weighted by molar-refractivity contribution is 0.102. The highest BCUT2D eigenvalue weighted by molar-refractivity contribution is 9.10. The summed E-state index contributed by atoms with van der Waals surface area (Å²) in [5.74, 6) is -0.198. The maximum atomic E-state index is 12.3. The van der Waals surface area contributed by atoms with Crippen molar-refractivity contribution in [3.05, 3.63) is 45.7 Å². The number of halogens is 1. The Morgan fingerprint density at radius 2 is 2.00 bits per heavy atom. The first-order valence-corrected chi connectivity index (χ1v) is 6.92. The predicted octanol–water partition coefficient (Wildman–Crippen LogP) is 3.53. The zero-order chi connectivity index (χ0) is 14.0. The van der Waals surface area contributed by atoms with Crippen LogP contribution in [0.15, 0.2) is 28.9 Å². The van der Waals surface area contributed by atoms with Gasteiger partial charge in [-0.1, -0.05) is 18.2 Å². The van der Waals surface area contributed by atoms with Crippen molar-refractivity contribution < 1.29 is 4.79 Å². The van der Waals surface area contributed by atoms with Crippen molar-refractivity contribution >= 4 is 27.5 Å². The van der Waals surface area contributed by atoms with Gasteiger partial charge in [0.25, 0.3) is 5.91 Å². The molecular weight excluding hydrogens is 306 g/mol. The highest BCUT2D eigenvalue weighted by Crippen LogP contribution is 2.22. The average molecular weight is 322 g/mol. The molecule has 0 bridgehead atoms. The maximum absolute atomic E-state index is 12.3. The highest BCUT2D eigenvalue weighted by Gasteiger charge is 2.16. The smallest absolute Gasteiger partial charge is 0.277 e. The summed E-state index contributed by atoms with van der Waals surface area (Å²) < 4.78 is 2.43. The van der Waals surface area contributed by atoms with E-state index in [0.29, 0.717) is 10.2 Å². The van der Waals surface area contributed by atoms with Crippen molar-refractivity contribution in [2.24, 2.45) is 0 Å². The average Bonchev–Trinajstić information content (AvgIpc) is 2.75. The molecule has 1 N–H and O–H groups in total. The molecule has 0 aliphatic rings. The van der Waals surface area contributed by atoms with Gasteiger partial charge in [-0.05, 0) is 47.8 Å². The normalized spacial score (nSPS) is 10.5. The molecule has 1 amide bonds. The Kier molecular flexibility index (Phi) is 4.04. The molecule has 0 saturated heterocycles. The second kappa shape index (κ2) is 5.57. The minimum Gasteiger partial charge on any atom is -0.320 e. The van der Waals surface area contributed by atoms with Gasteiger partial charge >= 0.3 is 0 Å². The van der Waals surface area contributed by atoms with Crippen LogP contribution in [0.3, 0.4) is 0 Å². The van der Waals surface area contributed by atoms with E-state index in [-0.39, 0.29) is 5.91 Å². The minimum atomic E-state index is -0.198. The van der Waals surface area contributed by atoms with Gasteiger partial charge in [0.1, 0.15) is 0 Å². The van der Waals surface area contributed by atoms with E-state index in [4.69, 9.17) is 0 Å². The number of nitrogens with zero attached hydrogens (tertiary/aromatic N) is 2. The summed E-state index contributed by atoms with van der Waals surface area (Å²) >= 11 is 3.36. The summed E-state index contributed by atoms with van der Waals surface area (Å²) in [7, 11) is 0. The SMILES string of the molecule is CCn1cc(Br)c(C(=O)Nc2c(C)cccc2C)n1. The van der Waals surface area contributed by atoms with Gasteiger partial charge in [-0.2, -0.15) is 5.10 Å². The molecule has 1 aromatic heterocycles. The molecule has 19 heavy (non-hydrogen) atoms. The topological polar surface area (TPSA) is 46.9 Å². The molecule has 1 aromatic carbocycles. The van der Waals surface area contributed by atoms with Gasteiger partial charge in [-0.3, -0.25) is 9.48 Å². The predicted molar refractivity (Wildman–Crippen MR) is 79.5 cm³/mol. The standard InChI is InChI=1S/C14H16BrN3O/c1-4-18-8-11(15)13(17-18)14(19)16-12-9(2)6-5-7-10(12)3/h5-8H,4H2,1-3H3,(H,16,19). The number of para-hydroxylation sites is 1. The number of nitrogens with one attached hydrogen (secondary N) is 1. The van der Waals surface area contributed by atoms with E-state index < -0.39 is 0 Å². The molecule has 0 unspecified atom stereocenters. The number of rotatable bonds is 3. The number of aryl methyl sites for hydroxylation is 3. The zero-order valence-electron chi connectivity index (χ0n) is 11.2. The molecule has 5 heteroatoms. The first-order chi connectivity index (χ1) is 9.02. The third kappa shape index (κ3) is 2.87. The molecule has 0 atom stereocenters. The molecule has 100 valence electrons. The fraction of sp³-hybridized carbons (Fsp3) is 0.286. The number of hydrogen-bond acceptors (Lipinski definition) is 2. The van der Waals surface area contributed by atoms with Crippen LogP contribution in [-0.4, -0.2) is 15.7 Å². The Labute approximate surface area is 120 Å². The third-order valence-corrected chi connectivity index (χ3v) is 3.56. The van der Waals surface area contributed by atoms with Crippen molar-refractivity contribution in [2.75, 3.05) is 5.32 Å². The lowest BCUT2D eigenvalue weighted by Gasteiger charge is -2.10. The highest BCUT2D eigenvalue weighted by atomic mass is 79.9. The van der Waals surface area contributed by atoms with Crippen molar-refractivity contribution in [1.82, 2.24) is 9.78 Å². The molecule has 4 nitrogen and oxygen atoms in total. The van der Waals surface area contributed by atoms with Crippen LogP contribution in [0.1, 0.15) is 28.5 Å². The number of anilines is 1. The maximum Gasteiger partial charge on any atom is 0.277 e. The van der Waals surface area contributed by atoms with Crippen LogP contribution >= 0.6 is 15.9 Å². The van der Waals surface area contributed by atoms with Gasteiger partial charge < -0.3 is 5.32 Å². The summed E-state index contributed by atoms with van der Waals surface area (Å²) in [6, 6.07) is 5.92. The van der Waals surface area contributed by atoms with Crippen LogP contribution < -0.4 is 5.32 Å². The Morgan fingerprint density at radius 3 is 2.53 bits per heavy atom. The van der Waals surface area contributed by atoms with Crippen LogP contribution in [-0.2, 0) is 6.54 Å². The van der Waals surface area contributed by atoms with Crippen LogP contribution in [0, 0.1) is 13.8 Å². The fourth-order valence-corrected chi connectivity index (χ4v) is 2.39. The molecule has 0 saturated carbocycles. The molecule has 1 heterocycles. The number of benzene rings is 1. The third-order valence-electron chi connectivity index (χ3n) is 2.98. The number of hydrogen-bond donors (Lipinski definition) is 1. The molecule has 0 aliphatic carbocycles. The van der Waals surface area contributed by atoms with Gasteiger partial charge in [0.05, 0.1) is 4.47 Å². The first-order valence-electron chi connectivity index (χ1n) is 6.13. The van der Waals surface area contributed by atoms with Crippen molar-refractivity contribution in [3.63, 3.8) is 0 Å². The van der Waals surface area contributed by atoms with E-state index in [1.54, 1.807) is 10.9 Å². The molecule has 2 rings (SSSR count). The van der Waals surface area contributed by atoms with Crippen LogP contribution in [0.5, 0.6) is 0 Å². The molecule has 2 aromatic rings. The summed E-state index contributed by atoms with van der Waals surface area (Å²) in [6.07, 6.45) is 1.81. The summed E-state index contributed by atoms with van der Waals surface area (Å²) in [5, 5.41) is 7.17. The first kappa shape index (κ1) is 13.8. The molecular formula is C14H16BrN3O. The number of carbonyl (C=O) groups is 1. The van der Waals surface area contributed by atoms with Crippen LogP contribution in [0.25, 0.3) is 0 Å². The molecule has 0 radical (unpaired) electrons. The van der Waals surface area contributed by atoms with Crippen molar-refractivity contribution in [3.8, 4) is 0 Å². The molecule has 0 fully saturated rings. The number of carbonyl (C=O) groups excluding carboxylic acids is 1. The second-order valence-electron chi connectivity index (χ2n) is 4.40. The summed E-state index contributed by atoms with van der Waals surface area (Å²) in [5.41, 5.74) is 3.34. The van der Waals surface area contributed by atoms with Gasteiger partial charge in [-0.25, -0.2) is 0 Å². The van der Waals surface area contributed by atoms with Crippen molar-refractivity contribution in [1.29, 1.82) is 0 Å². The van der Waals surface area contributed by atoms with E-state index in [1.165, 1.54) is 0 Å². The van der Waals surface area contributed by atoms with E-state index >= 15 is 0 Å². The molecule has 0 spiro atoms. The Hall–Kier alpha value is -1.62. The largest absolute Gasteiger partial charge is 0.320 e. The lowest BCUT2D eigenvalue weighted by Crippen LogP contribution is -2.15.